The predicted octanol–water partition coefficient (Wildman–Crippen LogP) is 0.0816. The number of nitrogens with zero attached hydrogens (tertiary/aromatic N) is 2. The third-order valence-corrected chi connectivity index (χ3v) is 5.65. The molecule has 1 saturated heterocycles. The van der Waals surface area contributed by atoms with Gasteiger partial charge in [-0.15, -0.1) is 0 Å². The summed E-state index contributed by atoms with van der Waals surface area (Å²) in [4.78, 5) is 62.6. The van der Waals surface area contributed by atoms with E-state index in [1.807, 2.05) is 13.8 Å². The van der Waals surface area contributed by atoms with Crippen LogP contribution in [0.25, 0.3) is 0 Å². The highest BCUT2D eigenvalue weighted by Gasteiger charge is 2.35. The van der Waals surface area contributed by atoms with E-state index < -0.39 is 43.0 Å². The van der Waals surface area contributed by atoms with Gasteiger partial charge in [-0.05, 0) is 24.7 Å². The van der Waals surface area contributed by atoms with Crippen LogP contribution in [0.3, 0.4) is 0 Å². The highest BCUT2D eigenvalue weighted by Crippen LogP contribution is 2.14. The maximum Gasteiger partial charge on any atom is 0.360 e. The van der Waals surface area contributed by atoms with Gasteiger partial charge in [0.2, 0.25) is 17.7 Å². The summed E-state index contributed by atoms with van der Waals surface area (Å²) in [5.74, 6) is -2.47. The summed E-state index contributed by atoms with van der Waals surface area (Å²) in [7, 11) is 0. The summed E-state index contributed by atoms with van der Waals surface area (Å²) < 4.78 is 9.72. The van der Waals surface area contributed by atoms with Crippen LogP contribution in [0.1, 0.15) is 69.6 Å². The van der Waals surface area contributed by atoms with Gasteiger partial charge >= 0.3 is 5.97 Å². The van der Waals surface area contributed by atoms with E-state index in [2.05, 4.69) is 21.2 Å². The fourth-order valence-electron chi connectivity index (χ4n) is 3.77. The van der Waals surface area contributed by atoms with Crippen LogP contribution in [-0.4, -0.2) is 76.5 Å². The molecule has 0 radical (unpaired) electrons. The van der Waals surface area contributed by atoms with Crippen LogP contribution in [0.15, 0.2) is 10.6 Å². The molecule has 3 amide bonds. The largest absolute Gasteiger partial charge is 0.453 e. The Kier molecular flexibility index (Phi) is 11.7. The lowest BCUT2D eigenvalue weighted by atomic mass is 9.98. The number of aliphatic hydroxyl groups excluding tert-OH is 1. The summed E-state index contributed by atoms with van der Waals surface area (Å²) >= 11 is 0. The topological polar surface area (TPSA) is 180 Å². The maximum atomic E-state index is 13.1. The number of ether oxygens (including phenoxy) is 1. The Bertz CT molecular complexity index is 961. The van der Waals surface area contributed by atoms with E-state index in [1.165, 1.54) is 11.1 Å². The Labute approximate surface area is 215 Å². The molecule has 1 aliphatic rings. The van der Waals surface area contributed by atoms with E-state index in [-0.39, 0.29) is 48.1 Å². The normalized spacial score (nSPS) is 16.4. The molecule has 4 N–H and O–H groups in total. The molecule has 0 saturated carbocycles. The summed E-state index contributed by atoms with van der Waals surface area (Å²) in [5, 5.41) is 19.1. The van der Waals surface area contributed by atoms with Gasteiger partial charge in [0.25, 0.3) is 0 Å². The van der Waals surface area contributed by atoms with E-state index in [0.717, 1.165) is 0 Å². The minimum absolute atomic E-state index is 0.0170. The van der Waals surface area contributed by atoms with Gasteiger partial charge in [0.15, 0.2) is 23.8 Å². The van der Waals surface area contributed by atoms with Crippen LogP contribution in [0.2, 0.25) is 0 Å². The first kappa shape index (κ1) is 29.9. The van der Waals surface area contributed by atoms with Gasteiger partial charge in [0.1, 0.15) is 12.6 Å². The minimum Gasteiger partial charge on any atom is -0.453 e. The molecule has 0 spiro atoms. The molecule has 37 heavy (non-hydrogen) atoms. The number of ketones is 1. The average Bonchev–Trinajstić information content (AvgIpc) is 3.34. The van der Waals surface area contributed by atoms with Crippen molar-refractivity contribution in [1.29, 1.82) is 0 Å². The zero-order valence-electron chi connectivity index (χ0n) is 21.7. The smallest absolute Gasteiger partial charge is 0.360 e. The summed E-state index contributed by atoms with van der Waals surface area (Å²) in [6, 6.07) is -0.595. The monoisotopic (exact) mass is 523 g/mol. The Morgan fingerprint density at radius 2 is 1.97 bits per heavy atom. The number of esters is 1. The van der Waals surface area contributed by atoms with Crippen LogP contribution >= 0.6 is 0 Å². The molecule has 13 nitrogen and oxygen atoms in total. The molecule has 2 heterocycles. The van der Waals surface area contributed by atoms with Crippen molar-refractivity contribution in [3.05, 3.63) is 17.5 Å². The van der Waals surface area contributed by atoms with E-state index >= 15 is 0 Å². The maximum absolute atomic E-state index is 13.1. The van der Waals surface area contributed by atoms with E-state index in [0.29, 0.717) is 25.8 Å². The number of hydrogen-bond donors (Lipinski definition) is 4. The molecule has 1 fully saturated rings. The quantitative estimate of drug-likeness (QED) is 0.259. The number of carbonyl (C=O) groups is 5. The van der Waals surface area contributed by atoms with Crippen molar-refractivity contribution in [2.75, 3.05) is 19.7 Å². The van der Waals surface area contributed by atoms with Crippen molar-refractivity contribution in [2.45, 2.75) is 72.1 Å². The van der Waals surface area contributed by atoms with Crippen LogP contribution < -0.4 is 16.1 Å². The van der Waals surface area contributed by atoms with Crippen molar-refractivity contribution in [2.24, 2.45) is 11.8 Å². The van der Waals surface area contributed by atoms with Gasteiger partial charge in [-0.25, -0.2) is 10.2 Å². The van der Waals surface area contributed by atoms with Crippen molar-refractivity contribution >= 4 is 29.5 Å². The van der Waals surface area contributed by atoms with Crippen LogP contribution in [0.4, 0.5) is 0 Å². The van der Waals surface area contributed by atoms with E-state index in [4.69, 9.17) is 14.4 Å². The molecule has 13 heteroatoms. The first-order valence-electron chi connectivity index (χ1n) is 12.4. The first-order valence-corrected chi connectivity index (χ1v) is 12.4. The minimum atomic E-state index is -0.959. The van der Waals surface area contributed by atoms with Crippen molar-refractivity contribution < 1.29 is 38.3 Å². The van der Waals surface area contributed by atoms with E-state index in [1.54, 1.807) is 13.8 Å². The summed E-state index contributed by atoms with van der Waals surface area (Å²) in [5.41, 5.74) is 2.75. The highest BCUT2D eigenvalue weighted by molar-refractivity contribution is 5.95. The van der Waals surface area contributed by atoms with Crippen LogP contribution in [0.5, 0.6) is 0 Å². The number of aromatic nitrogens is 1. The Hall–Kier alpha value is -3.32. The van der Waals surface area contributed by atoms with Gasteiger partial charge in [0.05, 0.1) is 6.04 Å². The van der Waals surface area contributed by atoms with Crippen LogP contribution in [-0.2, 0) is 30.5 Å². The second kappa shape index (κ2) is 14.4. The first-order chi connectivity index (χ1) is 17.5. The molecule has 0 aliphatic carbocycles. The van der Waals surface area contributed by atoms with Gasteiger partial charge in [-0.3, -0.25) is 24.2 Å². The second-order valence-corrected chi connectivity index (χ2v) is 9.64. The van der Waals surface area contributed by atoms with Crippen LogP contribution in [0, 0.1) is 11.8 Å². The predicted molar refractivity (Wildman–Crippen MR) is 129 cm³/mol. The number of rotatable bonds is 13. The lowest BCUT2D eigenvalue weighted by Crippen LogP contribution is -2.61. The second-order valence-electron chi connectivity index (χ2n) is 9.64. The molecular formula is C24H37N5O8. The molecule has 206 valence electrons. The fraction of sp³-hybridized carbons (Fsp3) is 0.667. The number of carbonyl (C=O) groups excluding carboxylic acids is 5. The fourth-order valence-corrected chi connectivity index (χ4v) is 3.77. The number of aliphatic hydroxyl groups is 1. The Morgan fingerprint density at radius 3 is 2.59 bits per heavy atom. The average molecular weight is 524 g/mol. The molecule has 0 aromatic carbocycles. The molecule has 1 aromatic rings. The van der Waals surface area contributed by atoms with Gasteiger partial charge in [-0.1, -0.05) is 32.9 Å². The molecule has 2 rings (SSSR count). The molecule has 2 atom stereocenters. The number of hydrazine groups is 1. The van der Waals surface area contributed by atoms with Gasteiger partial charge in [-0.2, -0.15) is 0 Å². The number of Topliss-reactive ketones (excluding diaryl/α,β-unsaturated/α-hetero) is 1. The SMILES string of the molecule is CC(C)CC(=O)NCCC(=O)N1NCCC[C@H]1C(=O)N[C@H](C(=O)COC(=O)c1cc(CO)on1)C(C)C. The third kappa shape index (κ3) is 9.25. The highest BCUT2D eigenvalue weighted by atomic mass is 16.5. The molecular weight excluding hydrogens is 486 g/mol. The van der Waals surface area contributed by atoms with Crippen molar-refractivity contribution in [3.8, 4) is 0 Å². The van der Waals surface area contributed by atoms with Crippen molar-refractivity contribution in [3.63, 3.8) is 0 Å². The summed E-state index contributed by atoms with van der Waals surface area (Å²) in [6.07, 6.45) is 1.43. The third-order valence-electron chi connectivity index (χ3n) is 5.65. The zero-order chi connectivity index (χ0) is 27.5. The Morgan fingerprint density at radius 1 is 1.24 bits per heavy atom. The zero-order valence-corrected chi connectivity index (χ0v) is 21.7. The van der Waals surface area contributed by atoms with Gasteiger partial charge in [0, 0.05) is 32.0 Å². The molecule has 0 unspecified atom stereocenters. The van der Waals surface area contributed by atoms with Gasteiger partial charge < -0.3 is 25.0 Å². The van der Waals surface area contributed by atoms with Crippen molar-refractivity contribution in [1.82, 2.24) is 26.2 Å². The van der Waals surface area contributed by atoms with E-state index in [9.17, 15) is 24.0 Å². The lowest BCUT2D eigenvalue weighted by molar-refractivity contribution is -0.147. The lowest BCUT2D eigenvalue weighted by Gasteiger charge is -2.36. The standard InChI is InChI=1S/C24H37N5O8/c1-14(2)10-20(32)25-9-7-21(33)29-18(6-5-8-26-29)23(34)27-22(15(3)4)19(31)13-36-24(35)17-11-16(12-30)37-28-17/h11,14-15,18,22,26,30H,5-10,12-13H2,1-4H3,(H,25,32)(H,27,34)/t18-,22-/m0/s1. The molecule has 0 bridgehead atoms. The molecule has 1 aromatic heterocycles. The molecule has 1 aliphatic heterocycles. The Balaban J connectivity index is 1.94. The number of amides is 3. The number of hydrogen-bond acceptors (Lipinski definition) is 10. The number of nitrogens with one attached hydrogen (secondary N) is 3. The summed E-state index contributed by atoms with van der Waals surface area (Å²) in [6.45, 7) is 6.94.